The van der Waals surface area contributed by atoms with Gasteiger partial charge in [0.25, 0.3) is 5.91 Å². The zero-order valence-electron chi connectivity index (χ0n) is 17.6. The van der Waals surface area contributed by atoms with Gasteiger partial charge < -0.3 is 9.64 Å². The summed E-state index contributed by atoms with van der Waals surface area (Å²) in [7, 11) is -2.13. The van der Waals surface area contributed by atoms with Crippen LogP contribution in [0.3, 0.4) is 0 Å². The first-order valence-electron chi connectivity index (χ1n) is 10.7. The average Bonchev–Trinajstić information content (AvgIpc) is 3.22. The maximum atomic E-state index is 12.9. The Kier molecular flexibility index (Phi) is 6.55. The van der Waals surface area contributed by atoms with Crippen molar-refractivity contribution in [2.24, 2.45) is 0 Å². The maximum Gasteiger partial charge on any atom is 0.264 e. The van der Waals surface area contributed by atoms with Gasteiger partial charge in [-0.15, -0.1) is 0 Å². The third-order valence-corrected chi connectivity index (χ3v) is 7.84. The Morgan fingerprint density at radius 2 is 1.94 bits per heavy atom. The van der Waals surface area contributed by atoms with Crippen LogP contribution in [0.25, 0.3) is 0 Å². The lowest BCUT2D eigenvalue weighted by Crippen LogP contribution is -2.33. The number of benzene rings is 2. The third-order valence-electron chi connectivity index (χ3n) is 6.19. The minimum absolute atomic E-state index is 0.0721. The van der Waals surface area contributed by atoms with Crippen LogP contribution in [0.4, 0.5) is 5.69 Å². The Balaban J connectivity index is 1.48. The molecule has 1 aliphatic heterocycles. The zero-order chi connectivity index (χ0) is 22.0. The molecule has 31 heavy (non-hydrogen) atoms. The minimum Gasteiger partial charge on any atom is -0.483 e. The van der Waals surface area contributed by atoms with Gasteiger partial charge in [-0.3, -0.25) is 4.79 Å². The van der Waals surface area contributed by atoms with Gasteiger partial charge in [0, 0.05) is 17.3 Å². The summed E-state index contributed by atoms with van der Waals surface area (Å²) >= 11 is 6.24. The molecule has 166 valence electrons. The summed E-state index contributed by atoms with van der Waals surface area (Å²) in [5.41, 5.74) is 2.68. The molecular formula is C23H27ClN2O4S. The molecule has 0 spiro atoms. The molecule has 2 aliphatic rings. The lowest BCUT2D eigenvalue weighted by molar-refractivity contribution is -0.120. The van der Waals surface area contributed by atoms with E-state index in [1.54, 1.807) is 23.1 Å². The lowest BCUT2D eigenvalue weighted by atomic mass is 9.84. The van der Waals surface area contributed by atoms with Crippen molar-refractivity contribution in [1.82, 2.24) is 4.72 Å². The summed E-state index contributed by atoms with van der Waals surface area (Å²) in [4.78, 5) is 14.8. The second-order valence-electron chi connectivity index (χ2n) is 8.10. The number of hydrogen-bond acceptors (Lipinski definition) is 4. The molecule has 0 saturated heterocycles. The normalized spacial score (nSPS) is 16.9. The highest BCUT2D eigenvalue weighted by molar-refractivity contribution is 7.89. The molecule has 8 heteroatoms. The molecule has 6 nitrogen and oxygen atoms in total. The summed E-state index contributed by atoms with van der Waals surface area (Å²) < 4.78 is 32.4. The van der Waals surface area contributed by atoms with Crippen LogP contribution in [-0.2, 0) is 21.2 Å². The molecule has 0 atom stereocenters. The molecule has 0 bridgehead atoms. The number of fused-ring (bicyclic) bond motifs is 1. The monoisotopic (exact) mass is 462 g/mol. The number of anilines is 1. The second-order valence-corrected chi connectivity index (χ2v) is 10.4. The van der Waals surface area contributed by atoms with Crippen LogP contribution in [0, 0.1) is 0 Å². The van der Waals surface area contributed by atoms with Crippen molar-refractivity contribution < 1.29 is 17.9 Å². The molecule has 2 aromatic carbocycles. The standard InChI is InChI=1S/C23H27ClN2O4S/c1-25-31(28,29)19-8-9-21-17(13-19)11-12-26(21)23(27)15-30-22-10-7-18(24)14-20(22)16-5-3-2-4-6-16/h7-10,13-14,16,25H,2-6,11-12,15H2,1H3. The van der Waals surface area contributed by atoms with Crippen molar-refractivity contribution in [2.75, 3.05) is 25.1 Å². The number of carbonyl (C=O) groups is 1. The van der Waals surface area contributed by atoms with Gasteiger partial charge in [0.2, 0.25) is 10.0 Å². The molecule has 0 aromatic heterocycles. The van der Waals surface area contributed by atoms with Crippen LogP contribution >= 0.6 is 11.6 Å². The first kappa shape index (κ1) is 22.1. The SMILES string of the molecule is CNS(=O)(=O)c1ccc2c(c1)CCN2C(=O)COc1ccc(Cl)cc1C1CCCCC1. The average molecular weight is 463 g/mol. The number of rotatable bonds is 6. The number of sulfonamides is 1. The second kappa shape index (κ2) is 9.18. The summed E-state index contributed by atoms with van der Waals surface area (Å²) in [6.45, 7) is 0.439. The quantitative estimate of drug-likeness (QED) is 0.695. The number of halogens is 1. The van der Waals surface area contributed by atoms with E-state index in [1.807, 2.05) is 12.1 Å². The highest BCUT2D eigenvalue weighted by Crippen LogP contribution is 2.39. The van der Waals surface area contributed by atoms with Gasteiger partial charge in [0.15, 0.2) is 6.61 Å². The molecule has 1 amide bonds. The van der Waals surface area contributed by atoms with Crippen molar-refractivity contribution in [3.8, 4) is 5.75 Å². The van der Waals surface area contributed by atoms with E-state index in [0.717, 1.165) is 35.4 Å². The Bertz CT molecular complexity index is 1080. The maximum absolute atomic E-state index is 12.9. The van der Waals surface area contributed by atoms with Crippen molar-refractivity contribution in [1.29, 1.82) is 0 Å². The van der Waals surface area contributed by atoms with Gasteiger partial charge in [-0.05, 0) is 79.8 Å². The van der Waals surface area contributed by atoms with Gasteiger partial charge in [0.1, 0.15) is 5.75 Å². The number of hydrogen-bond donors (Lipinski definition) is 1. The molecule has 0 radical (unpaired) electrons. The van der Waals surface area contributed by atoms with E-state index in [2.05, 4.69) is 4.72 Å². The summed E-state index contributed by atoms with van der Waals surface area (Å²) in [5, 5.41) is 0.681. The van der Waals surface area contributed by atoms with E-state index in [0.29, 0.717) is 23.9 Å². The van der Waals surface area contributed by atoms with Crippen LogP contribution in [0.1, 0.15) is 49.1 Å². The van der Waals surface area contributed by atoms with Gasteiger partial charge in [-0.2, -0.15) is 0 Å². The third kappa shape index (κ3) is 4.73. The molecule has 1 fully saturated rings. The molecule has 1 saturated carbocycles. The van der Waals surface area contributed by atoms with E-state index in [-0.39, 0.29) is 17.4 Å². The number of ether oxygens (including phenoxy) is 1. The van der Waals surface area contributed by atoms with Gasteiger partial charge in [-0.1, -0.05) is 30.9 Å². The summed E-state index contributed by atoms with van der Waals surface area (Å²) in [6, 6.07) is 10.5. The van der Waals surface area contributed by atoms with Crippen LogP contribution in [-0.4, -0.2) is 34.5 Å². The Hall–Kier alpha value is -2.09. The van der Waals surface area contributed by atoms with Crippen molar-refractivity contribution in [3.63, 3.8) is 0 Å². The van der Waals surface area contributed by atoms with E-state index < -0.39 is 10.0 Å². The van der Waals surface area contributed by atoms with Crippen LogP contribution in [0.15, 0.2) is 41.3 Å². The van der Waals surface area contributed by atoms with Crippen molar-refractivity contribution in [2.45, 2.75) is 49.3 Å². The Labute approximate surface area is 188 Å². The molecule has 4 rings (SSSR count). The first-order chi connectivity index (χ1) is 14.9. The molecule has 1 N–H and O–H groups in total. The lowest BCUT2D eigenvalue weighted by Gasteiger charge is -2.25. The number of amides is 1. The van der Waals surface area contributed by atoms with E-state index in [4.69, 9.17) is 16.3 Å². The largest absolute Gasteiger partial charge is 0.483 e. The number of carbonyl (C=O) groups excluding carboxylic acids is 1. The smallest absolute Gasteiger partial charge is 0.264 e. The Morgan fingerprint density at radius 1 is 1.16 bits per heavy atom. The molecule has 1 heterocycles. The van der Waals surface area contributed by atoms with Crippen LogP contribution < -0.4 is 14.4 Å². The highest BCUT2D eigenvalue weighted by Gasteiger charge is 2.27. The van der Waals surface area contributed by atoms with Crippen molar-refractivity contribution in [3.05, 3.63) is 52.5 Å². The molecular weight excluding hydrogens is 436 g/mol. The van der Waals surface area contributed by atoms with Crippen LogP contribution in [0.2, 0.25) is 5.02 Å². The topological polar surface area (TPSA) is 75.7 Å². The number of nitrogens with one attached hydrogen (secondary N) is 1. The predicted octanol–water partition coefficient (Wildman–Crippen LogP) is 4.26. The molecule has 1 aliphatic carbocycles. The van der Waals surface area contributed by atoms with Gasteiger partial charge >= 0.3 is 0 Å². The molecule has 0 unspecified atom stereocenters. The van der Waals surface area contributed by atoms with Crippen LogP contribution in [0.5, 0.6) is 5.75 Å². The van der Waals surface area contributed by atoms with Crippen molar-refractivity contribution >= 4 is 33.2 Å². The predicted molar refractivity (Wildman–Crippen MR) is 122 cm³/mol. The fourth-order valence-corrected chi connectivity index (χ4v) is 5.48. The van der Waals surface area contributed by atoms with E-state index in [1.165, 1.54) is 32.4 Å². The Morgan fingerprint density at radius 3 is 2.68 bits per heavy atom. The van der Waals surface area contributed by atoms with Gasteiger partial charge in [0.05, 0.1) is 4.90 Å². The van der Waals surface area contributed by atoms with E-state index >= 15 is 0 Å². The first-order valence-corrected chi connectivity index (χ1v) is 12.5. The fourth-order valence-electron chi connectivity index (χ4n) is 4.52. The minimum atomic E-state index is -3.51. The zero-order valence-corrected chi connectivity index (χ0v) is 19.1. The van der Waals surface area contributed by atoms with Gasteiger partial charge in [-0.25, -0.2) is 13.1 Å². The molecule has 2 aromatic rings. The summed E-state index contributed by atoms with van der Waals surface area (Å²) in [6.07, 6.45) is 6.50. The summed E-state index contributed by atoms with van der Waals surface area (Å²) in [5.74, 6) is 0.990. The van der Waals surface area contributed by atoms with E-state index in [9.17, 15) is 13.2 Å². The fraction of sp³-hybridized carbons (Fsp3) is 0.435. The number of nitrogens with zero attached hydrogens (tertiary/aromatic N) is 1. The highest BCUT2D eigenvalue weighted by atomic mass is 35.5.